The first-order valence-electron chi connectivity index (χ1n) is 6.01. The topological polar surface area (TPSA) is 72.3 Å². The number of hydrogen-bond acceptors (Lipinski definition) is 4. The third-order valence-corrected chi connectivity index (χ3v) is 3.15. The number of rotatable bonds is 6. The largest absolute Gasteiger partial charge is 0.196 e. The summed E-state index contributed by atoms with van der Waals surface area (Å²) in [6.45, 7) is 0. The van der Waals surface area contributed by atoms with E-state index in [0.717, 1.165) is 12.8 Å². The molecule has 2 saturated carbocycles. The predicted octanol–water partition coefficient (Wildman–Crippen LogP) is 2.82. The smallest absolute Gasteiger partial charge is 0.157 e. The first-order chi connectivity index (χ1) is 7.81. The molecule has 84 valence electrons. The van der Waals surface area contributed by atoms with E-state index < -0.39 is 0 Å². The number of nitriles is 2. The van der Waals surface area contributed by atoms with Crippen LogP contribution in [0.4, 0.5) is 0 Å². The maximum atomic E-state index is 8.90. The average molecular weight is 216 g/mol. The Balaban J connectivity index is 1.79. The lowest BCUT2D eigenvalue weighted by Gasteiger charge is -2.03. The molecule has 0 N–H and O–H groups in total. The summed E-state index contributed by atoms with van der Waals surface area (Å²) >= 11 is 0. The van der Waals surface area contributed by atoms with Gasteiger partial charge in [0, 0.05) is 0 Å². The van der Waals surface area contributed by atoms with Gasteiger partial charge in [-0.2, -0.15) is 20.8 Å². The first kappa shape index (κ1) is 11.1. The molecule has 0 radical (unpaired) electrons. The minimum Gasteiger partial charge on any atom is -0.196 e. The summed E-state index contributed by atoms with van der Waals surface area (Å²) in [5.74, 6) is 1.35. The van der Waals surface area contributed by atoms with Crippen molar-refractivity contribution in [3.8, 4) is 12.1 Å². The van der Waals surface area contributed by atoms with Gasteiger partial charge >= 0.3 is 0 Å². The third-order valence-electron chi connectivity index (χ3n) is 3.15. The summed E-state index contributed by atoms with van der Waals surface area (Å²) < 4.78 is 0. The van der Waals surface area contributed by atoms with Gasteiger partial charge in [0.25, 0.3) is 0 Å². The summed E-state index contributed by atoms with van der Waals surface area (Å²) in [7, 11) is 0. The zero-order chi connectivity index (χ0) is 11.4. The molecule has 0 aliphatic heterocycles. The van der Waals surface area contributed by atoms with Crippen LogP contribution in [0, 0.1) is 34.5 Å². The van der Waals surface area contributed by atoms with Crippen LogP contribution in [0.15, 0.2) is 10.2 Å². The van der Waals surface area contributed by atoms with Gasteiger partial charge in [-0.25, -0.2) is 0 Å². The molecule has 2 rings (SSSR count). The van der Waals surface area contributed by atoms with Crippen molar-refractivity contribution >= 4 is 0 Å². The molecule has 2 unspecified atom stereocenters. The molecule has 0 bridgehead atoms. The van der Waals surface area contributed by atoms with Gasteiger partial charge in [-0.3, -0.25) is 0 Å². The molecule has 2 aliphatic rings. The summed E-state index contributed by atoms with van der Waals surface area (Å²) in [5.41, 5.74) is 0. The van der Waals surface area contributed by atoms with Crippen LogP contribution >= 0.6 is 0 Å². The van der Waals surface area contributed by atoms with E-state index in [1.54, 1.807) is 0 Å². The Bertz CT molecular complexity index is 307. The Labute approximate surface area is 96.0 Å². The van der Waals surface area contributed by atoms with Crippen molar-refractivity contribution in [1.29, 1.82) is 10.5 Å². The zero-order valence-corrected chi connectivity index (χ0v) is 9.34. The molecule has 0 aromatic heterocycles. The maximum absolute atomic E-state index is 8.90. The van der Waals surface area contributed by atoms with Gasteiger partial charge in [-0.05, 0) is 24.7 Å². The van der Waals surface area contributed by atoms with Gasteiger partial charge < -0.3 is 0 Å². The fourth-order valence-electron chi connectivity index (χ4n) is 1.75. The van der Waals surface area contributed by atoms with Crippen molar-refractivity contribution in [1.82, 2.24) is 0 Å². The van der Waals surface area contributed by atoms with Crippen molar-refractivity contribution in [2.24, 2.45) is 22.1 Å². The first-order valence-corrected chi connectivity index (χ1v) is 6.01. The molecule has 0 amide bonds. The van der Waals surface area contributed by atoms with Crippen LogP contribution in [0.25, 0.3) is 0 Å². The molecule has 16 heavy (non-hydrogen) atoms. The highest BCUT2D eigenvalue weighted by Crippen LogP contribution is 2.35. The van der Waals surface area contributed by atoms with Crippen molar-refractivity contribution < 1.29 is 0 Å². The summed E-state index contributed by atoms with van der Waals surface area (Å²) in [6, 6.07) is 3.64. The number of hydrogen-bond donors (Lipinski definition) is 0. The van der Waals surface area contributed by atoms with Gasteiger partial charge in [-0.1, -0.05) is 25.7 Å². The lowest BCUT2D eigenvalue weighted by atomic mass is 10.1. The SMILES string of the molecule is N#CC(CC1CC1)N=NC(C#N)CC1CC1. The third kappa shape index (κ3) is 3.62. The fourth-order valence-corrected chi connectivity index (χ4v) is 1.75. The van der Waals surface area contributed by atoms with Gasteiger partial charge in [0.1, 0.15) is 0 Å². The Morgan fingerprint density at radius 1 is 0.875 bits per heavy atom. The van der Waals surface area contributed by atoms with Crippen LogP contribution in [0.3, 0.4) is 0 Å². The molecule has 0 aromatic rings. The quantitative estimate of drug-likeness (QED) is 0.640. The maximum Gasteiger partial charge on any atom is 0.157 e. The Morgan fingerprint density at radius 2 is 1.25 bits per heavy atom. The Kier molecular flexibility index (Phi) is 3.51. The van der Waals surface area contributed by atoms with Crippen molar-refractivity contribution in [3.63, 3.8) is 0 Å². The second-order valence-electron chi connectivity index (χ2n) is 4.88. The van der Waals surface area contributed by atoms with Crippen LogP contribution in [-0.2, 0) is 0 Å². The van der Waals surface area contributed by atoms with Crippen LogP contribution in [0.2, 0.25) is 0 Å². The van der Waals surface area contributed by atoms with E-state index >= 15 is 0 Å². The van der Waals surface area contributed by atoms with Crippen LogP contribution in [-0.4, -0.2) is 12.1 Å². The van der Waals surface area contributed by atoms with E-state index in [-0.39, 0.29) is 12.1 Å². The van der Waals surface area contributed by atoms with E-state index in [4.69, 9.17) is 10.5 Å². The molecule has 0 spiro atoms. The van der Waals surface area contributed by atoms with Crippen LogP contribution in [0.1, 0.15) is 38.5 Å². The molecule has 2 fully saturated rings. The summed E-state index contributed by atoms with van der Waals surface area (Å²) in [6.07, 6.45) is 6.52. The van der Waals surface area contributed by atoms with E-state index in [2.05, 4.69) is 22.4 Å². The molecular formula is C12H16N4. The minimum atomic E-state index is -0.331. The monoisotopic (exact) mass is 216 g/mol. The van der Waals surface area contributed by atoms with E-state index in [1.165, 1.54) is 25.7 Å². The fraction of sp³-hybridized carbons (Fsp3) is 0.833. The molecule has 0 saturated heterocycles. The highest BCUT2D eigenvalue weighted by Gasteiger charge is 2.27. The highest BCUT2D eigenvalue weighted by atomic mass is 15.1. The molecular weight excluding hydrogens is 200 g/mol. The molecule has 2 aliphatic carbocycles. The zero-order valence-electron chi connectivity index (χ0n) is 9.34. The second-order valence-corrected chi connectivity index (χ2v) is 4.88. The van der Waals surface area contributed by atoms with E-state index in [0.29, 0.717) is 11.8 Å². The number of nitrogens with zero attached hydrogens (tertiary/aromatic N) is 4. The Morgan fingerprint density at radius 3 is 1.50 bits per heavy atom. The van der Waals surface area contributed by atoms with Gasteiger partial charge in [0.2, 0.25) is 0 Å². The average Bonchev–Trinajstić information content (AvgIpc) is 3.16. The lowest BCUT2D eigenvalue weighted by Crippen LogP contribution is -2.05. The normalized spacial score (nSPS) is 23.6. The molecule has 2 atom stereocenters. The van der Waals surface area contributed by atoms with Crippen molar-refractivity contribution in [2.45, 2.75) is 50.6 Å². The van der Waals surface area contributed by atoms with E-state index in [1.807, 2.05) is 0 Å². The Hall–Kier alpha value is -1.42. The van der Waals surface area contributed by atoms with Crippen LogP contribution < -0.4 is 0 Å². The molecule has 0 heterocycles. The molecule has 4 nitrogen and oxygen atoms in total. The van der Waals surface area contributed by atoms with Gasteiger partial charge in [-0.15, -0.1) is 0 Å². The second kappa shape index (κ2) is 5.07. The predicted molar refractivity (Wildman–Crippen MR) is 58.3 cm³/mol. The number of azo groups is 1. The van der Waals surface area contributed by atoms with Crippen molar-refractivity contribution in [3.05, 3.63) is 0 Å². The minimum absolute atomic E-state index is 0.331. The van der Waals surface area contributed by atoms with Gasteiger partial charge in [0.15, 0.2) is 12.1 Å². The lowest BCUT2D eigenvalue weighted by molar-refractivity contribution is 0.583. The van der Waals surface area contributed by atoms with Crippen molar-refractivity contribution in [2.75, 3.05) is 0 Å². The molecule has 0 aromatic carbocycles. The molecule has 4 heteroatoms. The van der Waals surface area contributed by atoms with Crippen LogP contribution in [0.5, 0.6) is 0 Å². The van der Waals surface area contributed by atoms with Gasteiger partial charge in [0.05, 0.1) is 12.1 Å². The summed E-state index contributed by atoms with van der Waals surface area (Å²) in [4.78, 5) is 0. The van der Waals surface area contributed by atoms with E-state index in [9.17, 15) is 0 Å². The summed E-state index contributed by atoms with van der Waals surface area (Å²) in [5, 5.41) is 25.8. The highest BCUT2D eigenvalue weighted by molar-refractivity contribution is 4.96. The standard InChI is InChI=1S/C12H16N4/c13-7-11(5-9-1-2-9)15-16-12(8-14)6-10-3-4-10/h9-12H,1-6H2.